The Morgan fingerprint density at radius 1 is 1.28 bits per heavy atom. The van der Waals surface area contributed by atoms with Gasteiger partial charge in [0.05, 0.1) is 6.10 Å². The van der Waals surface area contributed by atoms with Gasteiger partial charge < -0.3 is 10.1 Å². The molecule has 2 heteroatoms. The van der Waals surface area contributed by atoms with E-state index in [4.69, 9.17) is 4.74 Å². The molecule has 0 aliphatic heterocycles. The zero-order valence-corrected chi connectivity index (χ0v) is 11.6. The minimum Gasteiger partial charge on any atom is -0.490 e. The van der Waals surface area contributed by atoms with Crippen molar-refractivity contribution >= 4 is 0 Å². The van der Waals surface area contributed by atoms with Crippen molar-refractivity contribution in [1.29, 1.82) is 0 Å². The molecule has 1 aliphatic carbocycles. The topological polar surface area (TPSA) is 21.3 Å². The molecule has 0 aromatic heterocycles. The molecule has 2 rings (SSSR count). The van der Waals surface area contributed by atoms with Gasteiger partial charge in [-0.25, -0.2) is 0 Å². The van der Waals surface area contributed by atoms with Crippen LogP contribution in [0.15, 0.2) is 24.3 Å². The van der Waals surface area contributed by atoms with Crippen molar-refractivity contribution in [3.8, 4) is 5.75 Å². The van der Waals surface area contributed by atoms with Gasteiger partial charge in [-0.2, -0.15) is 0 Å². The average Bonchev–Trinajstić information content (AvgIpc) is 3.16. The number of rotatable bonds is 8. The molecule has 1 aromatic carbocycles. The summed E-state index contributed by atoms with van der Waals surface area (Å²) in [5.41, 5.74) is 1.41. The van der Waals surface area contributed by atoms with Gasteiger partial charge in [0.2, 0.25) is 0 Å². The Hall–Kier alpha value is -1.02. The Labute approximate surface area is 111 Å². The molecule has 1 unspecified atom stereocenters. The van der Waals surface area contributed by atoms with Crippen molar-refractivity contribution in [3.05, 3.63) is 29.8 Å². The third kappa shape index (κ3) is 4.69. The van der Waals surface area contributed by atoms with E-state index in [0.717, 1.165) is 25.3 Å². The van der Waals surface area contributed by atoms with Gasteiger partial charge in [0.1, 0.15) is 5.75 Å². The normalized spacial score (nSPS) is 16.6. The number of nitrogens with one attached hydrogen (secondary N) is 1. The van der Waals surface area contributed by atoms with Crippen LogP contribution >= 0.6 is 0 Å². The van der Waals surface area contributed by atoms with Crippen LogP contribution in [-0.4, -0.2) is 19.2 Å². The zero-order chi connectivity index (χ0) is 12.8. The van der Waals surface area contributed by atoms with Crippen LogP contribution in [0.25, 0.3) is 0 Å². The lowest BCUT2D eigenvalue weighted by atomic mass is 10.0. The Morgan fingerprint density at radius 2 is 2.00 bits per heavy atom. The fraction of sp³-hybridized carbons (Fsp3) is 0.625. The maximum Gasteiger partial charge on any atom is 0.119 e. The third-order valence-electron chi connectivity index (χ3n) is 3.25. The van der Waals surface area contributed by atoms with Gasteiger partial charge in [-0.3, -0.25) is 0 Å². The summed E-state index contributed by atoms with van der Waals surface area (Å²) in [6.07, 6.45) is 5.29. The van der Waals surface area contributed by atoms with E-state index in [1.54, 1.807) is 0 Å². The molecule has 0 spiro atoms. The van der Waals surface area contributed by atoms with Gasteiger partial charge in [0.15, 0.2) is 0 Å². The second kappa shape index (κ2) is 6.79. The van der Waals surface area contributed by atoms with Crippen molar-refractivity contribution in [1.82, 2.24) is 5.32 Å². The van der Waals surface area contributed by atoms with E-state index in [1.807, 2.05) is 0 Å². The fourth-order valence-electron chi connectivity index (χ4n) is 2.08. The predicted molar refractivity (Wildman–Crippen MR) is 76.1 cm³/mol. The highest BCUT2D eigenvalue weighted by Crippen LogP contribution is 2.26. The molecule has 1 saturated carbocycles. The van der Waals surface area contributed by atoms with Crippen molar-refractivity contribution in [3.63, 3.8) is 0 Å². The molecule has 1 N–H and O–H groups in total. The number of hydrogen-bond donors (Lipinski definition) is 1. The summed E-state index contributed by atoms with van der Waals surface area (Å²) in [5.74, 6) is 1.71. The summed E-state index contributed by atoms with van der Waals surface area (Å²) in [7, 11) is 0. The van der Waals surface area contributed by atoms with Crippen molar-refractivity contribution in [2.45, 2.75) is 45.6 Å². The van der Waals surface area contributed by atoms with E-state index in [1.165, 1.54) is 24.8 Å². The molecule has 2 nitrogen and oxygen atoms in total. The van der Waals surface area contributed by atoms with Crippen LogP contribution < -0.4 is 10.1 Å². The van der Waals surface area contributed by atoms with Gasteiger partial charge in [0.25, 0.3) is 0 Å². The second-order valence-electron chi connectivity index (χ2n) is 5.47. The van der Waals surface area contributed by atoms with Gasteiger partial charge in [-0.05, 0) is 62.4 Å². The molecule has 1 aromatic rings. The fourth-order valence-corrected chi connectivity index (χ4v) is 2.08. The Bertz CT molecular complexity index is 343. The maximum atomic E-state index is 5.75. The van der Waals surface area contributed by atoms with Crippen LogP contribution in [0.3, 0.4) is 0 Å². The predicted octanol–water partition coefficient (Wildman–Crippen LogP) is 3.41. The van der Waals surface area contributed by atoms with Crippen LogP contribution in [0.4, 0.5) is 0 Å². The van der Waals surface area contributed by atoms with Gasteiger partial charge in [-0.15, -0.1) is 0 Å². The lowest BCUT2D eigenvalue weighted by molar-refractivity contribution is 0.303. The first-order valence-electron chi connectivity index (χ1n) is 7.24. The Morgan fingerprint density at radius 3 is 2.61 bits per heavy atom. The monoisotopic (exact) mass is 247 g/mol. The lowest BCUT2D eigenvalue weighted by Crippen LogP contribution is -2.23. The Balaban J connectivity index is 1.74. The zero-order valence-electron chi connectivity index (χ0n) is 11.6. The smallest absolute Gasteiger partial charge is 0.119 e. The molecular formula is C16H25NO. The second-order valence-corrected chi connectivity index (χ2v) is 5.47. The lowest BCUT2D eigenvalue weighted by Gasteiger charge is -2.13. The number of benzene rings is 1. The SMILES string of the molecule is CCCNCC(C)Cc1ccc(OC2CC2)cc1. The van der Waals surface area contributed by atoms with Crippen molar-refractivity contribution in [2.75, 3.05) is 13.1 Å². The number of ether oxygens (including phenoxy) is 1. The molecular weight excluding hydrogens is 222 g/mol. The van der Waals surface area contributed by atoms with Gasteiger partial charge in [-0.1, -0.05) is 26.0 Å². The first kappa shape index (κ1) is 13.4. The highest BCUT2D eigenvalue weighted by molar-refractivity contribution is 5.28. The molecule has 18 heavy (non-hydrogen) atoms. The standard InChI is InChI=1S/C16H25NO/c1-3-10-17-12-13(2)11-14-4-6-15(7-5-14)18-16-8-9-16/h4-7,13,16-17H,3,8-12H2,1-2H3. The summed E-state index contributed by atoms with van der Waals surface area (Å²) >= 11 is 0. The highest BCUT2D eigenvalue weighted by Gasteiger charge is 2.23. The first-order chi connectivity index (χ1) is 8.78. The summed E-state index contributed by atoms with van der Waals surface area (Å²) in [5, 5.41) is 3.48. The Kier molecular flexibility index (Phi) is 5.06. The number of hydrogen-bond acceptors (Lipinski definition) is 2. The van der Waals surface area contributed by atoms with Crippen molar-refractivity contribution < 1.29 is 4.74 Å². The summed E-state index contributed by atoms with van der Waals surface area (Å²) in [6, 6.07) is 8.63. The molecule has 0 radical (unpaired) electrons. The van der Waals surface area contributed by atoms with Crippen LogP contribution in [0.2, 0.25) is 0 Å². The van der Waals surface area contributed by atoms with E-state index in [2.05, 4.69) is 43.4 Å². The minimum atomic E-state index is 0.494. The maximum absolute atomic E-state index is 5.75. The molecule has 0 saturated heterocycles. The minimum absolute atomic E-state index is 0.494. The molecule has 1 atom stereocenters. The van der Waals surface area contributed by atoms with Crippen LogP contribution in [-0.2, 0) is 6.42 Å². The quantitative estimate of drug-likeness (QED) is 0.711. The van der Waals surface area contributed by atoms with Crippen LogP contribution in [0.5, 0.6) is 5.75 Å². The molecule has 100 valence electrons. The third-order valence-corrected chi connectivity index (χ3v) is 3.25. The molecule has 1 aliphatic rings. The molecule has 1 fully saturated rings. The van der Waals surface area contributed by atoms with E-state index < -0.39 is 0 Å². The van der Waals surface area contributed by atoms with Gasteiger partial charge in [0, 0.05) is 0 Å². The van der Waals surface area contributed by atoms with E-state index >= 15 is 0 Å². The van der Waals surface area contributed by atoms with E-state index in [0.29, 0.717) is 12.0 Å². The largest absolute Gasteiger partial charge is 0.490 e. The summed E-state index contributed by atoms with van der Waals surface area (Å²) in [4.78, 5) is 0. The average molecular weight is 247 g/mol. The van der Waals surface area contributed by atoms with E-state index in [9.17, 15) is 0 Å². The molecule has 0 bridgehead atoms. The summed E-state index contributed by atoms with van der Waals surface area (Å²) in [6.45, 7) is 6.74. The van der Waals surface area contributed by atoms with Gasteiger partial charge >= 0.3 is 0 Å². The van der Waals surface area contributed by atoms with E-state index in [-0.39, 0.29) is 0 Å². The first-order valence-corrected chi connectivity index (χ1v) is 7.24. The molecule has 0 amide bonds. The van der Waals surface area contributed by atoms with Crippen molar-refractivity contribution in [2.24, 2.45) is 5.92 Å². The molecule has 0 heterocycles. The summed E-state index contributed by atoms with van der Waals surface area (Å²) < 4.78 is 5.75. The highest BCUT2D eigenvalue weighted by atomic mass is 16.5. The van der Waals surface area contributed by atoms with Crippen LogP contribution in [0, 0.1) is 5.92 Å². The van der Waals surface area contributed by atoms with Crippen LogP contribution in [0.1, 0.15) is 38.7 Å².